The van der Waals surface area contributed by atoms with Gasteiger partial charge in [0.15, 0.2) is 16.6 Å². The fraction of sp³-hybridized carbons (Fsp3) is 0.941. The zero-order valence-electron chi connectivity index (χ0n) is 16.1. The second-order valence-corrected chi connectivity index (χ2v) is 17.1. The van der Waals surface area contributed by atoms with Gasteiger partial charge in [0, 0.05) is 0 Å². The van der Waals surface area contributed by atoms with Crippen molar-refractivity contribution >= 4 is 22.6 Å². The monoisotopic (exact) mass is 346 g/mol. The summed E-state index contributed by atoms with van der Waals surface area (Å²) in [7, 11) is -2.97. The fourth-order valence-electron chi connectivity index (χ4n) is 2.61. The van der Waals surface area contributed by atoms with Crippen LogP contribution in [0.2, 0.25) is 38.8 Å². The van der Waals surface area contributed by atoms with Crippen molar-refractivity contribution in [2.24, 2.45) is 11.8 Å². The van der Waals surface area contributed by atoms with E-state index in [0.29, 0.717) is 12.5 Å². The normalized spacial score (nSPS) is 15.5. The number of hydrogen-bond acceptors (Lipinski definition) is 3. The molecule has 2 atom stereocenters. The molecule has 0 aliphatic rings. The Hall–Kier alpha value is -0.136. The van der Waals surface area contributed by atoms with Gasteiger partial charge in [-0.1, -0.05) is 33.6 Å². The molecule has 0 aliphatic carbocycles. The Morgan fingerprint density at radius 1 is 1.05 bits per heavy atom. The van der Waals surface area contributed by atoms with Gasteiger partial charge in [-0.15, -0.1) is 0 Å². The maximum atomic E-state index is 11.8. The van der Waals surface area contributed by atoms with Crippen LogP contribution < -0.4 is 0 Å². The third-order valence-electron chi connectivity index (χ3n) is 4.03. The Balaban J connectivity index is 4.12. The lowest BCUT2D eigenvalue weighted by Crippen LogP contribution is -2.42. The van der Waals surface area contributed by atoms with Crippen LogP contribution in [0.4, 0.5) is 0 Å². The molecule has 0 aliphatic heterocycles. The smallest absolute Gasteiger partial charge is 0.308 e. The van der Waals surface area contributed by atoms with Crippen LogP contribution >= 0.6 is 0 Å². The molecule has 0 rings (SSSR count). The highest BCUT2D eigenvalue weighted by molar-refractivity contribution is 6.84. The molecule has 0 N–H and O–H groups in total. The summed E-state index contributed by atoms with van der Waals surface area (Å²) in [4.78, 5) is 11.8. The summed E-state index contributed by atoms with van der Waals surface area (Å²) < 4.78 is 11.8. The molecule has 0 saturated heterocycles. The van der Waals surface area contributed by atoms with Crippen molar-refractivity contribution in [1.82, 2.24) is 0 Å². The molecule has 0 spiro atoms. The zero-order valence-corrected chi connectivity index (χ0v) is 18.1. The zero-order chi connectivity index (χ0) is 17.4. The van der Waals surface area contributed by atoms with Crippen LogP contribution in [0.25, 0.3) is 0 Å². The van der Waals surface area contributed by atoms with Crippen LogP contribution in [-0.4, -0.2) is 29.2 Å². The Kier molecular flexibility index (Phi) is 9.82. The van der Waals surface area contributed by atoms with Crippen molar-refractivity contribution in [1.29, 1.82) is 0 Å². The lowest BCUT2D eigenvalue weighted by molar-refractivity contribution is -0.149. The highest BCUT2D eigenvalue weighted by atomic mass is 28.4. The van der Waals surface area contributed by atoms with Crippen molar-refractivity contribution in [3.8, 4) is 0 Å². The van der Waals surface area contributed by atoms with E-state index in [1.807, 2.05) is 13.8 Å². The molecule has 0 radical (unpaired) electrons. The predicted octanol–water partition coefficient (Wildman–Crippen LogP) is 5.44. The average Bonchev–Trinajstić information content (AvgIpc) is 2.38. The van der Waals surface area contributed by atoms with Crippen LogP contribution in [-0.2, 0) is 13.6 Å². The number of hydrogen-bond donors (Lipinski definition) is 0. The molecule has 5 heteroatoms. The van der Waals surface area contributed by atoms with Gasteiger partial charge in [0.05, 0.1) is 12.5 Å². The van der Waals surface area contributed by atoms with E-state index in [0.717, 1.165) is 19.3 Å². The Bertz CT molecular complexity index is 324. The minimum atomic E-state index is -1.53. The van der Waals surface area contributed by atoms with Crippen molar-refractivity contribution in [2.45, 2.75) is 85.2 Å². The van der Waals surface area contributed by atoms with Crippen LogP contribution in [0.1, 0.15) is 46.5 Å². The van der Waals surface area contributed by atoms with Gasteiger partial charge in [-0.3, -0.25) is 4.79 Å². The van der Waals surface area contributed by atoms with Crippen molar-refractivity contribution in [2.75, 3.05) is 6.61 Å². The summed E-state index contributed by atoms with van der Waals surface area (Å²) in [6.07, 6.45) is 4.24. The highest BCUT2D eigenvalue weighted by Crippen LogP contribution is 2.23. The van der Waals surface area contributed by atoms with E-state index in [9.17, 15) is 4.79 Å². The van der Waals surface area contributed by atoms with Gasteiger partial charge in [0.1, 0.15) is 0 Å². The lowest BCUT2D eigenvalue weighted by Gasteiger charge is -2.32. The van der Waals surface area contributed by atoms with E-state index in [2.05, 4.69) is 39.7 Å². The molecule has 22 heavy (non-hydrogen) atoms. The first-order chi connectivity index (χ1) is 10.0. The summed E-state index contributed by atoms with van der Waals surface area (Å²) >= 11 is 0. The summed E-state index contributed by atoms with van der Waals surface area (Å²) in [6, 6.07) is 1.20. The SMILES string of the molecule is CCC(CCC[Si](C)(C)O[Si](C)(C)C)COC(=O)C(C)CC. The quantitative estimate of drug-likeness (QED) is 0.369. The minimum absolute atomic E-state index is 0.0222. The number of carbonyl (C=O) groups excluding carboxylic acids is 1. The minimum Gasteiger partial charge on any atom is -0.465 e. The number of carbonyl (C=O) groups is 1. The summed E-state index contributed by atoms with van der Waals surface area (Å²) in [5.41, 5.74) is 0. The average molecular weight is 347 g/mol. The molecule has 0 aromatic heterocycles. The van der Waals surface area contributed by atoms with E-state index in [4.69, 9.17) is 8.85 Å². The van der Waals surface area contributed by atoms with Gasteiger partial charge in [0.2, 0.25) is 0 Å². The van der Waals surface area contributed by atoms with Gasteiger partial charge in [-0.25, -0.2) is 0 Å². The topological polar surface area (TPSA) is 35.5 Å². The lowest BCUT2D eigenvalue weighted by atomic mass is 10.0. The standard InChI is InChI=1S/C17H38O3Si2/c1-9-15(3)17(18)19-14-16(10-2)12-11-13-22(7,8)20-21(4,5)6/h15-16H,9-14H2,1-8H3. The molecule has 0 heterocycles. The van der Waals surface area contributed by atoms with E-state index in [1.165, 1.54) is 12.5 Å². The van der Waals surface area contributed by atoms with Gasteiger partial charge >= 0.3 is 5.97 Å². The molecule has 3 nitrogen and oxygen atoms in total. The van der Waals surface area contributed by atoms with Crippen LogP contribution in [0, 0.1) is 11.8 Å². The molecule has 0 aromatic rings. The highest BCUT2D eigenvalue weighted by Gasteiger charge is 2.29. The summed E-state index contributed by atoms with van der Waals surface area (Å²) in [6.45, 7) is 18.2. The summed E-state index contributed by atoms with van der Waals surface area (Å²) in [5.74, 6) is 0.469. The van der Waals surface area contributed by atoms with E-state index in [-0.39, 0.29) is 11.9 Å². The van der Waals surface area contributed by atoms with Crippen LogP contribution in [0.5, 0.6) is 0 Å². The number of esters is 1. The molecule has 0 saturated carbocycles. The van der Waals surface area contributed by atoms with Crippen molar-refractivity contribution < 1.29 is 13.6 Å². The van der Waals surface area contributed by atoms with Gasteiger partial charge in [0.25, 0.3) is 0 Å². The molecule has 0 amide bonds. The second kappa shape index (κ2) is 9.88. The molecule has 132 valence electrons. The second-order valence-electron chi connectivity index (χ2n) is 8.08. The first-order valence-electron chi connectivity index (χ1n) is 8.87. The maximum absolute atomic E-state index is 11.8. The number of rotatable bonds is 11. The van der Waals surface area contributed by atoms with Crippen LogP contribution in [0.15, 0.2) is 0 Å². The fourth-order valence-corrected chi connectivity index (χ4v) is 10.7. The van der Waals surface area contributed by atoms with Crippen molar-refractivity contribution in [3.05, 3.63) is 0 Å². The van der Waals surface area contributed by atoms with Gasteiger partial charge < -0.3 is 8.85 Å². The Morgan fingerprint density at radius 3 is 2.09 bits per heavy atom. The molecular weight excluding hydrogens is 308 g/mol. The van der Waals surface area contributed by atoms with Gasteiger partial charge in [-0.05, 0) is 57.5 Å². The molecule has 2 unspecified atom stereocenters. The first-order valence-corrected chi connectivity index (χ1v) is 15.4. The van der Waals surface area contributed by atoms with Crippen LogP contribution in [0.3, 0.4) is 0 Å². The van der Waals surface area contributed by atoms with E-state index in [1.54, 1.807) is 0 Å². The van der Waals surface area contributed by atoms with E-state index < -0.39 is 16.6 Å². The molecule has 0 fully saturated rings. The number of ether oxygens (including phenoxy) is 1. The molecular formula is C17H38O3Si2. The predicted molar refractivity (Wildman–Crippen MR) is 100 cm³/mol. The van der Waals surface area contributed by atoms with Gasteiger partial charge in [-0.2, -0.15) is 0 Å². The Labute approximate surface area is 140 Å². The molecule has 0 aromatic carbocycles. The first kappa shape index (κ1) is 21.9. The maximum Gasteiger partial charge on any atom is 0.308 e. The van der Waals surface area contributed by atoms with E-state index >= 15 is 0 Å². The van der Waals surface area contributed by atoms with Crippen molar-refractivity contribution in [3.63, 3.8) is 0 Å². The largest absolute Gasteiger partial charge is 0.465 e. The Morgan fingerprint density at radius 2 is 1.64 bits per heavy atom. The summed E-state index contributed by atoms with van der Waals surface area (Å²) in [5, 5.41) is 0. The third-order valence-corrected chi connectivity index (χ3v) is 10.2. The molecule has 0 bridgehead atoms. The third kappa shape index (κ3) is 10.6.